The van der Waals surface area contributed by atoms with Crippen molar-refractivity contribution < 1.29 is 18.7 Å². The van der Waals surface area contributed by atoms with Gasteiger partial charge in [0.2, 0.25) is 5.88 Å². The normalized spacial score (nSPS) is 16.3. The van der Waals surface area contributed by atoms with Crippen LogP contribution in [0.3, 0.4) is 0 Å². The van der Waals surface area contributed by atoms with Crippen LogP contribution >= 0.6 is 0 Å². The van der Waals surface area contributed by atoms with Crippen molar-refractivity contribution in [3.05, 3.63) is 71.6 Å². The number of pyridine rings is 1. The van der Waals surface area contributed by atoms with Crippen molar-refractivity contribution in [2.24, 2.45) is 0 Å². The first kappa shape index (κ1) is 19.9. The van der Waals surface area contributed by atoms with E-state index in [-0.39, 0.29) is 11.8 Å². The number of para-hydroxylation sites is 1. The Morgan fingerprint density at radius 2 is 2.03 bits per heavy atom. The summed E-state index contributed by atoms with van der Waals surface area (Å²) < 4.78 is 16.7. The lowest BCUT2D eigenvalue weighted by atomic mass is 9.97. The molecule has 0 aliphatic carbocycles. The number of aromatic nitrogens is 2. The number of carbonyl (C=O) groups excluding carboxylic acids is 1. The van der Waals surface area contributed by atoms with Crippen molar-refractivity contribution in [2.75, 3.05) is 27.3 Å². The number of carbonyl (C=O) groups is 1. The number of ether oxygens (including phenoxy) is 2. The van der Waals surface area contributed by atoms with Gasteiger partial charge in [0.15, 0.2) is 5.89 Å². The van der Waals surface area contributed by atoms with Crippen molar-refractivity contribution in [3.63, 3.8) is 0 Å². The molecule has 0 radical (unpaired) electrons. The van der Waals surface area contributed by atoms with Gasteiger partial charge in [-0.25, -0.2) is 9.97 Å². The highest BCUT2D eigenvalue weighted by Gasteiger charge is 2.29. The minimum Gasteiger partial charge on any atom is -0.496 e. The molecule has 0 bridgehead atoms. The number of hydrogen-bond acceptors (Lipinski definition) is 6. The fraction of sp³-hybridized carbons (Fsp3) is 0.348. The summed E-state index contributed by atoms with van der Waals surface area (Å²) in [5.41, 5.74) is 1.52. The van der Waals surface area contributed by atoms with Crippen LogP contribution in [0.1, 0.15) is 46.3 Å². The summed E-state index contributed by atoms with van der Waals surface area (Å²) >= 11 is 0. The van der Waals surface area contributed by atoms with Gasteiger partial charge in [0.25, 0.3) is 5.91 Å². The van der Waals surface area contributed by atoms with Crippen molar-refractivity contribution in [1.29, 1.82) is 0 Å². The van der Waals surface area contributed by atoms with Gasteiger partial charge >= 0.3 is 0 Å². The van der Waals surface area contributed by atoms with E-state index < -0.39 is 0 Å². The molecule has 7 nitrogen and oxygen atoms in total. The first-order valence-electron chi connectivity index (χ1n) is 10.0. The molecular formula is C23H25N3O4. The Morgan fingerprint density at radius 3 is 2.87 bits per heavy atom. The number of amides is 1. The van der Waals surface area contributed by atoms with Crippen LogP contribution in [0.5, 0.6) is 11.6 Å². The molecule has 7 heteroatoms. The van der Waals surface area contributed by atoms with Crippen molar-refractivity contribution >= 4 is 5.91 Å². The minimum absolute atomic E-state index is 0.0665. The van der Waals surface area contributed by atoms with Gasteiger partial charge in [0.1, 0.15) is 17.1 Å². The predicted molar refractivity (Wildman–Crippen MR) is 111 cm³/mol. The molecular weight excluding hydrogens is 382 g/mol. The quantitative estimate of drug-likeness (QED) is 0.620. The maximum atomic E-state index is 13.0. The van der Waals surface area contributed by atoms with Gasteiger partial charge in [0.05, 0.1) is 26.3 Å². The molecule has 1 aliphatic rings. The van der Waals surface area contributed by atoms with Gasteiger partial charge in [-0.15, -0.1) is 0 Å². The standard InChI is InChI=1S/C23H25N3O4/c1-28-20-10-4-3-7-16(20)13-18-14-25-21(30-18)17-8-6-12-26(15-17)23(27)19-9-5-11-24-22(19)29-2/h3-5,7,9-11,14,17H,6,8,12-13,15H2,1-2H3/t17-/m1/s1. The lowest BCUT2D eigenvalue weighted by Crippen LogP contribution is -2.39. The van der Waals surface area contributed by atoms with E-state index in [0.29, 0.717) is 36.8 Å². The number of oxazole rings is 1. The molecule has 156 valence electrons. The molecule has 30 heavy (non-hydrogen) atoms. The first-order chi connectivity index (χ1) is 14.7. The minimum atomic E-state index is -0.0783. The molecule has 0 unspecified atom stereocenters. The summed E-state index contributed by atoms with van der Waals surface area (Å²) in [6.45, 7) is 1.26. The van der Waals surface area contributed by atoms with E-state index in [1.54, 1.807) is 31.6 Å². The topological polar surface area (TPSA) is 77.7 Å². The number of rotatable bonds is 6. The molecule has 1 aromatic carbocycles. The number of hydrogen-bond donors (Lipinski definition) is 0. The molecule has 0 N–H and O–H groups in total. The van der Waals surface area contributed by atoms with Crippen molar-refractivity contribution in [2.45, 2.75) is 25.2 Å². The average Bonchev–Trinajstić information content (AvgIpc) is 3.27. The highest BCUT2D eigenvalue weighted by atomic mass is 16.5. The monoisotopic (exact) mass is 407 g/mol. The first-order valence-corrected chi connectivity index (χ1v) is 10.0. The van der Waals surface area contributed by atoms with Crippen LogP contribution in [0, 0.1) is 0 Å². The maximum Gasteiger partial charge on any atom is 0.259 e. The Morgan fingerprint density at radius 1 is 1.17 bits per heavy atom. The van der Waals surface area contributed by atoms with Gasteiger partial charge in [-0.2, -0.15) is 0 Å². The third-order valence-corrected chi connectivity index (χ3v) is 5.38. The Hall–Kier alpha value is -3.35. The summed E-state index contributed by atoms with van der Waals surface area (Å²) in [7, 11) is 3.18. The third kappa shape index (κ3) is 4.15. The van der Waals surface area contributed by atoms with E-state index in [1.165, 1.54) is 7.11 Å². The molecule has 1 fully saturated rings. The summed E-state index contributed by atoms with van der Waals surface area (Å²) in [6.07, 6.45) is 5.82. The number of nitrogens with zero attached hydrogens (tertiary/aromatic N) is 3. The summed E-state index contributed by atoms with van der Waals surface area (Å²) in [4.78, 5) is 23.5. The molecule has 0 spiro atoms. The maximum absolute atomic E-state index is 13.0. The third-order valence-electron chi connectivity index (χ3n) is 5.38. The molecule has 3 aromatic rings. The number of piperidine rings is 1. The molecule has 1 saturated heterocycles. The fourth-order valence-corrected chi connectivity index (χ4v) is 3.88. The van der Waals surface area contributed by atoms with Crippen LogP contribution in [0.15, 0.2) is 53.2 Å². The van der Waals surface area contributed by atoms with Crippen molar-refractivity contribution in [1.82, 2.24) is 14.9 Å². The van der Waals surface area contributed by atoms with Gasteiger partial charge in [0, 0.05) is 31.3 Å². The van der Waals surface area contributed by atoms with E-state index in [4.69, 9.17) is 13.9 Å². The Balaban J connectivity index is 1.47. The second-order valence-corrected chi connectivity index (χ2v) is 7.30. The molecule has 0 saturated carbocycles. The summed E-state index contributed by atoms with van der Waals surface area (Å²) in [5, 5.41) is 0. The van der Waals surface area contributed by atoms with E-state index in [2.05, 4.69) is 9.97 Å². The molecule has 2 aromatic heterocycles. The number of methoxy groups -OCH3 is 2. The van der Waals surface area contributed by atoms with Crippen molar-refractivity contribution in [3.8, 4) is 11.6 Å². The molecule has 1 atom stereocenters. The SMILES string of the molecule is COc1ccccc1Cc1cnc([C@@H]2CCCN(C(=O)c3cccnc3OC)C2)o1. The van der Waals surface area contributed by atoms with Crippen LogP contribution in [0.25, 0.3) is 0 Å². The Labute approximate surface area is 175 Å². The van der Waals surface area contributed by atoms with Gasteiger partial charge in [-0.05, 0) is 31.0 Å². The van der Waals surface area contributed by atoms with Crippen LogP contribution < -0.4 is 9.47 Å². The zero-order valence-corrected chi connectivity index (χ0v) is 17.2. The lowest BCUT2D eigenvalue weighted by molar-refractivity contribution is 0.0693. The molecule has 1 amide bonds. The van der Waals surface area contributed by atoms with Gasteiger partial charge in [-0.1, -0.05) is 18.2 Å². The van der Waals surface area contributed by atoms with Crippen LogP contribution in [-0.4, -0.2) is 48.1 Å². The predicted octanol–water partition coefficient (Wildman–Crippen LogP) is 3.70. The zero-order valence-electron chi connectivity index (χ0n) is 17.2. The van der Waals surface area contributed by atoms with E-state index >= 15 is 0 Å². The smallest absolute Gasteiger partial charge is 0.259 e. The molecule has 3 heterocycles. The lowest BCUT2D eigenvalue weighted by Gasteiger charge is -2.31. The highest BCUT2D eigenvalue weighted by Crippen LogP contribution is 2.30. The zero-order chi connectivity index (χ0) is 20.9. The van der Waals surface area contributed by atoms with Crippen LogP contribution in [0.4, 0.5) is 0 Å². The van der Waals surface area contributed by atoms with E-state index in [9.17, 15) is 4.79 Å². The average molecular weight is 407 g/mol. The largest absolute Gasteiger partial charge is 0.496 e. The summed E-state index contributed by atoms with van der Waals surface area (Å²) in [5.74, 6) is 2.62. The number of likely N-dealkylation sites (tertiary alicyclic amines) is 1. The second-order valence-electron chi connectivity index (χ2n) is 7.30. The van der Waals surface area contributed by atoms with E-state index in [1.807, 2.05) is 29.2 Å². The van der Waals surface area contributed by atoms with Gasteiger partial charge in [-0.3, -0.25) is 4.79 Å². The Bertz CT molecular complexity index is 1020. The summed E-state index contributed by atoms with van der Waals surface area (Å²) in [6, 6.07) is 11.4. The fourth-order valence-electron chi connectivity index (χ4n) is 3.88. The highest BCUT2D eigenvalue weighted by molar-refractivity contribution is 5.96. The van der Waals surface area contributed by atoms with E-state index in [0.717, 1.165) is 29.9 Å². The van der Waals surface area contributed by atoms with Crippen LogP contribution in [-0.2, 0) is 6.42 Å². The molecule has 1 aliphatic heterocycles. The number of benzene rings is 1. The molecule has 4 rings (SSSR count). The van der Waals surface area contributed by atoms with Gasteiger partial charge < -0.3 is 18.8 Å². The van der Waals surface area contributed by atoms with Crippen LogP contribution in [0.2, 0.25) is 0 Å². The second kappa shape index (κ2) is 8.98. The Kier molecular flexibility index (Phi) is 5.97.